The summed E-state index contributed by atoms with van der Waals surface area (Å²) in [6.07, 6.45) is 0. The SMILES string of the molecule is C=C(C)C(=O)Oc1ccc(-c2c(OC(=O)C(=C)C)cc(OC(=O)C(=C)C)c(F)c2F)c(OC(=O)C(=C)C)c1. The van der Waals surface area contributed by atoms with E-state index >= 15 is 8.78 Å². The van der Waals surface area contributed by atoms with Gasteiger partial charge in [-0.05, 0) is 39.8 Å². The van der Waals surface area contributed by atoms with E-state index in [1.165, 1.54) is 33.8 Å². The van der Waals surface area contributed by atoms with Crippen molar-refractivity contribution in [1.82, 2.24) is 0 Å². The van der Waals surface area contributed by atoms with Crippen molar-refractivity contribution in [2.75, 3.05) is 0 Å². The minimum atomic E-state index is -1.61. The zero-order valence-corrected chi connectivity index (χ0v) is 21.2. The topological polar surface area (TPSA) is 105 Å². The van der Waals surface area contributed by atoms with E-state index in [-0.39, 0.29) is 33.6 Å². The molecule has 0 aliphatic heterocycles. The van der Waals surface area contributed by atoms with Crippen LogP contribution in [0.1, 0.15) is 27.7 Å². The summed E-state index contributed by atoms with van der Waals surface area (Å²) in [5.74, 6) is -9.05. The Kier molecular flexibility index (Phi) is 9.21. The third kappa shape index (κ3) is 6.88. The molecule has 0 aliphatic carbocycles. The van der Waals surface area contributed by atoms with Gasteiger partial charge in [0.1, 0.15) is 17.2 Å². The van der Waals surface area contributed by atoms with Crippen molar-refractivity contribution in [2.45, 2.75) is 27.7 Å². The van der Waals surface area contributed by atoms with Gasteiger partial charge in [-0.1, -0.05) is 26.3 Å². The molecular formula is C28H24F2O8. The van der Waals surface area contributed by atoms with Crippen molar-refractivity contribution in [2.24, 2.45) is 0 Å². The van der Waals surface area contributed by atoms with Crippen LogP contribution in [-0.2, 0) is 19.2 Å². The van der Waals surface area contributed by atoms with Crippen LogP contribution in [0.4, 0.5) is 8.78 Å². The second-order valence-electron chi connectivity index (χ2n) is 8.21. The fourth-order valence-corrected chi connectivity index (χ4v) is 2.60. The van der Waals surface area contributed by atoms with Crippen molar-refractivity contribution in [1.29, 1.82) is 0 Å². The van der Waals surface area contributed by atoms with Crippen molar-refractivity contribution < 1.29 is 46.9 Å². The van der Waals surface area contributed by atoms with Crippen LogP contribution in [0.2, 0.25) is 0 Å². The molecule has 0 heterocycles. The number of carbonyl (C=O) groups excluding carboxylic acids is 4. The van der Waals surface area contributed by atoms with Crippen LogP contribution in [0.25, 0.3) is 11.1 Å². The van der Waals surface area contributed by atoms with E-state index in [0.29, 0.717) is 0 Å². The summed E-state index contributed by atoms with van der Waals surface area (Å²) in [5, 5.41) is 0. The smallest absolute Gasteiger partial charge is 0.338 e. The van der Waals surface area contributed by atoms with Crippen LogP contribution < -0.4 is 18.9 Å². The molecule has 10 heteroatoms. The number of ether oxygens (including phenoxy) is 4. The fraction of sp³-hybridized carbons (Fsp3) is 0.143. The third-order valence-corrected chi connectivity index (χ3v) is 4.57. The first kappa shape index (κ1) is 29.4. The molecule has 0 spiro atoms. The van der Waals surface area contributed by atoms with Gasteiger partial charge in [0.25, 0.3) is 0 Å². The lowest BCUT2D eigenvalue weighted by molar-refractivity contribution is -0.131. The highest BCUT2D eigenvalue weighted by atomic mass is 19.2. The Hall–Kier alpha value is -4.86. The zero-order chi connectivity index (χ0) is 28.9. The lowest BCUT2D eigenvalue weighted by Crippen LogP contribution is -2.14. The quantitative estimate of drug-likeness (QED) is 0.238. The van der Waals surface area contributed by atoms with Crippen LogP contribution in [0, 0.1) is 11.6 Å². The van der Waals surface area contributed by atoms with Crippen LogP contribution in [-0.4, -0.2) is 23.9 Å². The highest BCUT2D eigenvalue weighted by Gasteiger charge is 2.28. The minimum Gasteiger partial charge on any atom is -0.423 e. The summed E-state index contributed by atoms with van der Waals surface area (Å²) in [4.78, 5) is 48.5. The van der Waals surface area contributed by atoms with Gasteiger partial charge in [0.05, 0.1) is 5.56 Å². The van der Waals surface area contributed by atoms with Crippen LogP contribution in [0.15, 0.2) is 72.9 Å². The van der Waals surface area contributed by atoms with Crippen LogP contribution >= 0.6 is 0 Å². The number of rotatable bonds is 9. The first-order valence-corrected chi connectivity index (χ1v) is 10.8. The molecule has 8 nitrogen and oxygen atoms in total. The molecule has 2 rings (SSSR count). The maximum absolute atomic E-state index is 15.5. The summed E-state index contributed by atoms with van der Waals surface area (Å²) in [7, 11) is 0. The third-order valence-electron chi connectivity index (χ3n) is 4.57. The standard InChI is InChI=1S/C28H24F2O8/c1-13(2)25(31)35-17-9-10-18(19(11-17)36-26(32)14(3)4)22-20(37-27(33)15(5)6)12-21(23(29)24(22)30)38-28(34)16(7)8/h9-12H,1,3,5,7H2,2,4,6,8H3. The first-order chi connectivity index (χ1) is 17.6. The molecule has 2 aromatic carbocycles. The molecule has 0 radical (unpaired) electrons. The van der Waals surface area contributed by atoms with Crippen LogP contribution in [0.5, 0.6) is 23.0 Å². The molecule has 0 atom stereocenters. The average Bonchev–Trinajstić information content (AvgIpc) is 2.82. The van der Waals surface area contributed by atoms with Gasteiger partial charge in [-0.2, -0.15) is 4.39 Å². The van der Waals surface area contributed by atoms with Crippen molar-refractivity contribution in [3.8, 4) is 34.1 Å². The molecule has 198 valence electrons. The first-order valence-electron chi connectivity index (χ1n) is 10.8. The second kappa shape index (κ2) is 11.9. The average molecular weight is 526 g/mol. The fourth-order valence-electron chi connectivity index (χ4n) is 2.60. The highest BCUT2D eigenvalue weighted by molar-refractivity contribution is 5.94. The van der Waals surface area contributed by atoms with Gasteiger partial charge < -0.3 is 18.9 Å². The van der Waals surface area contributed by atoms with Gasteiger partial charge in [-0.25, -0.2) is 23.6 Å². The minimum absolute atomic E-state index is 0.0390. The summed E-state index contributed by atoms with van der Waals surface area (Å²) in [6, 6.07) is 4.17. The molecule has 0 saturated heterocycles. The Labute approximate surface area is 217 Å². The predicted octanol–water partition coefficient (Wildman–Crippen LogP) is 5.56. The maximum atomic E-state index is 15.5. The van der Waals surface area contributed by atoms with Gasteiger partial charge in [0.2, 0.25) is 5.82 Å². The molecule has 0 unspecified atom stereocenters. The summed E-state index contributed by atoms with van der Waals surface area (Å²) < 4.78 is 51.1. The molecule has 38 heavy (non-hydrogen) atoms. The lowest BCUT2D eigenvalue weighted by Gasteiger charge is -2.18. The van der Waals surface area contributed by atoms with Crippen molar-refractivity contribution in [3.63, 3.8) is 0 Å². The van der Waals surface area contributed by atoms with E-state index in [0.717, 1.165) is 18.2 Å². The lowest BCUT2D eigenvalue weighted by atomic mass is 10.0. The van der Waals surface area contributed by atoms with E-state index in [4.69, 9.17) is 18.9 Å². The van der Waals surface area contributed by atoms with Gasteiger partial charge in [-0.15, -0.1) is 0 Å². The predicted molar refractivity (Wildman–Crippen MR) is 134 cm³/mol. The highest BCUT2D eigenvalue weighted by Crippen LogP contribution is 2.44. The molecule has 0 fully saturated rings. The van der Waals surface area contributed by atoms with E-state index in [1.807, 2.05) is 0 Å². The Morgan fingerprint density at radius 1 is 0.579 bits per heavy atom. The Bertz CT molecular complexity index is 1420. The molecule has 0 N–H and O–H groups in total. The number of esters is 4. The Morgan fingerprint density at radius 2 is 1.00 bits per heavy atom. The van der Waals surface area contributed by atoms with Gasteiger partial charge in [-0.3, -0.25) is 0 Å². The van der Waals surface area contributed by atoms with E-state index in [2.05, 4.69) is 26.3 Å². The molecule has 0 aliphatic rings. The summed E-state index contributed by atoms with van der Waals surface area (Å²) in [5.41, 5.74) is -1.12. The van der Waals surface area contributed by atoms with E-state index in [1.54, 1.807) is 0 Å². The number of halogens is 2. The Balaban J connectivity index is 2.84. The summed E-state index contributed by atoms with van der Waals surface area (Å²) >= 11 is 0. The normalized spacial score (nSPS) is 10.2. The number of hydrogen-bond donors (Lipinski definition) is 0. The number of carbonyl (C=O) groups is 4. The number of hydrogen-bond acceptors (Lipinski definition) is 8. The molecule has 0 bridgehead atoms. The second-order valence-corrected chi connectivity index (χ2v) is 8.21. The zero-order valence-electron chi connectivity index (χ0n) is 21.2. The van der Waals surface area contributed by atoms with Crippen molar-refractivity contribution in [3.05, 3.63) is 84.5 Å². The molecule has 0 amide bonds. The monoisotopic (exact) mass is 526 g/mol. The molecule has 0 saturated carbocycles. The van der Waals surface area contributed by atoms with Crippen LogP contribution in [0.3, 0.4) is 0 Å². The van der Waals surface area contributed by atoms with E-state index in [9.17, 15) is 19.2 Å². The van der Waals surface area contributed by atoms with Gasteiger partial charge >= 0.3 is 23.9 Å². The Morgan fingerprint density at radius 3 is 1.47 bits per heavy atom. The molecule has 0 aromatic heterocycles. The molecular weight excluding hydrogens is 502 g/mol. The van der Waals surface area contributed by atoms with Gasteiger partial charge in [0, 0.05) is 40.0 Å². The van der Waals surface area contributed by atoms with E-state index < -0.39 is 58.3 Å². The summed E-state index contributed by atoms with van der Waals surface area (Å²) in [6.45, 7) is 19.1. The molecule has 2 aromatic rings. The largest absolute Gasteiger partial charge is 0.423 e. The maximum Gasteiger partial charge on any atom is 0.338 e. The van der Waals surface area contributed by atoms with Crippen molar-refractivity contribution >= 4 is 23.9 Å². The number of benzene rings is 2. The van der Waals surface area contributed by atoms with Gasteiger partial charge in [0.15, 0.2) is 11.6 Å².